The number of nitrogens with one attached hydrogen (secondary N) is 1. The lowest BCUT2D eigenvalue weighted by Gasteiger charge is -2.13. The largest absolute Gasteiger partial charge is 0.494 e. The number of benzene rings is 2. The first-order chi connectivity index (χ1) is 16.0. The molecule has 1 heterocycles. The van der Waals surface area contributed by atoms with Gasteiger partial charge in [-0.05, 0) is 30.3 Å². The lowest BCUT2D eigenvalue weighted by molar-refractivity contribution is -0.137. The third kappa shape index (κ3) is 5.57. The molecule has 0 aliphatic heterocycles. The molecule has 0 atom stereocenters. The fourth-order valence-electron chi connectivity index (χ4n) is 2.91. The maximum atomic E-state index is 12.9. The average molecular weight is 492 g/mol. The molecule has 0 saturated carbocycles. The van der Waals surface area contributed by atoms with Crippen molar-refractivity contribution in [1.29, 1.82) is 0 Å². The molecule has 1 aromatic heterocycles. The number of carbonyl (C=O) groups excluding carboxylic acids is 1. The van der Waals surface area contributed by atoms with Crippen molar-refractivity contribution in [2.24, 2.45) is 19.1 Å². The number of carbonyl (C=O) groups is 1. The smallest absolute Gasteiger partial charge is 0.416 e. The second-order valence-corrected chi connectivity index (χ2v) is 8.04. The molecule has 34 heavy (non-hydrogen) atoms. The first kappa shape index (κ1) is 24.8. The van der Waals surface area contributed by atoms with Gasteiger partial charge in [0.25, 0.3) is 5.56 Å². The number of hydrogen-bond acceptors (Lipinski definition) is 6. The fourth-order valence-corrected chi connectivity index (χ4v) is 3.74. The van der Waals surface area contributed by atoms with Crippen LogP contribution in [0.3, 0.4) is 0 Å². The van der Waals surface area contributed by atoms with Crippen LogP contribution in [-0.2, 0) is 25.1 Å². The average Bonchev–Trinajstić information content (AvgIpc) is 2.80. The van der Waals surface area contributed by atoms with Crippen molar-refractivity contribution < 1.29 is 23.1 Å². The van der Waals surface area contributed by atoms with E-state index in [-0.39, 0.29) is 22.0 Å². The van der Waals surface area contributed by atoms with Gasteiger partial charge in [0, 0.05) is 19.8 Å². The zero-order chi connectivity index (χ0) is 25.0. The van der Waals surface area contributed by atoms with Crippen LogP contribution in [0.15, 0.2) is 69.2 Å². The predicted octanol–water partition coefficient (Wildman–Crippen LogP) is 3.26. The molecule has 12 heteroatoms. The summed E-state index contributed by atoms with van der Waals surface area (Å²) in [5.41, 5.74) is -2.41. The van der Waals surface area contributed by atoms with Crippen molar-refractivity contribution in [3.8, 4) is 5.88 Å². The highest BCUT2D eigenvalue weighted by atomic mass is 32.2. The number of hydrogen-bond donors (Lipinski definition) is 2. The number of aromatic nitrogens is 2. The van der Waals surface area contributed by atoms with Crippen molar-refractivity contribution in [1.82, 2.24) is 9.13 Å². The third-order valence-corrected chi connectivity index (χ3v) is 5.62. The van der Waals surface area contributed by atoms with Crippen LogP contribution in [0.1, 0.15) is 11.1 Å². The molecule has 0 radical (unpaired) electrons. The van der Waals surface area contributed by atoms with E-state index in [1.807, 2.05) is 0 Å². The SMILES string of the molecule is Cn1c(O)c(C(=Nc2ccccc2)SCC(=O)Nc2cccc(C(F)(F)F)c2)c(=O)n(C)c1=O. The number of aromatic hydroxyl groups is 1. The Kier molecular flexibility index (Phi) is 7.30. The summed E-state index contributed by atoms with van der Waals surface area (Å²) in [5.74, 6) is -1.63. The third-order valence-electron chi connectivity index (χ3n) is 4.65. The number of halogens is 3. The molecule has 8 nitrogen and oxygen atoms in total. The molecule has 0 fully saturated rings. The van der Waals surface area contributed by atoms with Gasteiger partial charge in [-0.3, -0.25) is 18.7 Å². The lowest BCUT2D eigenvalue weighted by Crippen LogP contribution is -2.39. The van der Waals surface area contributed by atoms with Gasteiger partial charge in [-0.1, -0.05) is 36.0 Å². The summed E-state index contributed by atoms with van der Waals surface area (Å²) in [4.78, 5) is 41.6. The molecule has 2 aromatic carbocycles. The standard InChI is InChI=1S/C22H19F3N4O4S/c1-28-19(31)17(20(32)29(2)21(28)33)18(27-14-8-4-3-5-9-14)34-12-16(30)26-15-10-6-7-13(11-15)22(23,24)25/h3-11,31H,12H2,1-2H3,(H,26,30). The minimum atomic E-state index is -4.56. The Morgan fingerprint density at radius 3 is 2.38 bits per heavy atom. The molecule has 2 N–H and O–H groups in total. The Hall–Kier alpha value is -3.80. The summed E-state index contributed by atoms with van der Waals surface area (Å²) in [6, 6.07) is 12.6. The Balaban J connectivity index is 1.92. The molecule has 0 unspecified atom stereocenters. The van der Waals surface area contributed by atoms with E-state index in [0.717, 1.165) is 33.0 Å². The van der Waals surface area contributed by atoms with Crippen LogP contribution in [0.25, 0.3) is 0 Å². The van der Waals surface area contributed by atoms with E-state index in [4.69, 9.17) is 0 Å². The number of amides is 1. The summed E-state index contributed by atoms with van der Waals surface area (Å²) < 4.78 is 40.4. The van der Waals surface area contributed by atoms with Gasteiger partial charge in [0.1, 0.15) is 10.6 Å². The van der Waals surface area contributed by atoms with Crippen LogP contribution < -0.4 is 16.6 Å². The predicted molar refractivity (Wildman–Crippen MR) is 124 cm³/mol. The van der Waals surface area contributed by atoms with E-state index in [1.54, 1.807) is 30.3 Å². The van der Waals surface area contributed by atoms with Crippen LogP contribution in [0.4, 0.5) is 24.5 Å². The molecule has 0 bridgehead atoms. The zero-order valence-corrected chi connectivity index (χ0v) is 18.8. The van der Waals surface area contributed by atoms with Gasteiger partial charge in [0.15, 0.2) is 0 Å². The minimum Gasteiger partial charge on any atom is -0.494 e. The molecule has 3 aromatic rings. The van der Waals surface area contributed by atoms with E-state index in [1.165, 1.54) is 26.2 Å². The minimum absolute atomic E-state index is 0.0425. The molecule has 178 valence electrons. The fraction of sp³-hybridized carbons (Fsp3) is 0.182. The lowest BCUT2D eigenvalue weighted by atomic mass is 10.2. The van der Waals surface area contributed by atoms with Gasteiger partial charge in [0.05, 0.1) is 17.0 Å². The summed E-state index contributed by atoms with van der Waals surface area (Å²) in [7, 11) is 2.50. The van der Waals surface area contributed by atoms with E-state index < -0.39 is 34.8 Å². The van der Waals surface area contributed by atoms with Gasteiger partial charge < -0.3 is 10.4 Å². The highest BCUT2D eigenvalue weighted by Gasteiger charge is 2.30. The molecule has 0 saturated heterocycles. The van der Waals surface area contributed by atoms with E-state index in [2.05, 4.69) is 10.3 Å². The maximum absolute atomic E-state index is 12.9. The van der Waals surface area contributed by atoms with Gasteiger partial charge in [0.2, 0.25) is 11.8 Å². The van der Waals surface area contributed by atoms with E-state index in [0.29, 0.717) is 5.69 Å². The number of rotatable bonds is 5. The number of para-hydroxylation sites is 1. The van der Waals surface area contributed by atoms with E-state index >= 15 is 0 Å². The Labute approximate surface area is 195 Å². The summed E-state index contributed by atoms with van der Waals surface area (Å²) in [5, 5.41) is 12.8. The summed E-state index contributed by atoms with van der Waals surface area (Å²) in [6.45, 7) is 0. The molecular formula is C22H19F3N4O4S. The molecule has 3 rings (SSSR count). The first-order valence-corrected chi connectivity index (χ1v) is 10.7. The highest BCUT2D eigenvalue weighted by Crippen LogP contribution is 2.30. The van der Waals surface area contributed by atoms with Gasteiger partial charge in [-0.2, -0.15) is 13.2 Å². The monoisotopic (exact) mass is 492 g/mol. The number of nitrogens with zero attached hydrogens (tertiary/aromatic N) is 3. The number of thioether (sulfide) groups is 1. The molecule has 0 spiro atoms. The van der Waals surface area contributed by atoms with Crippen LogP contribution in [0.5, 0.6) is 5.88 Å². The quantitative estimate of drug-likeness (QED) is 0.420. The normalized spacial score (nSPS) is 12.0. The second-order valence-electron chi connectivity index (χ2n) is 7.07. The zero-order valence-electron chi connectivity index (χ0n) is 18.0. The Morgan fingerprint density at radius 2 is 1.74 bits per heavy atom. The molecular weight excluding hydrogens is 473 g/mol. The maximum Gasteiger partial charge on any atom is 0.416 e. The van der Waals surface area contributed by atoms with Gasteiger partial charge in [-0.15, -0.1) is 0 Å². The molecule has 0 aliphatic rings. The van der Waals surface area contributed by atoms with Crippen molar-refractivity contribution in [2.45, 2.75) is 6.18 Å². The van der Waals surface area contributed by atoms with Crippen LogP contribution in [-0.4, -0.2) is 30.9 Å². The van der Waals surface area contributed by atoms with Crippen molar-refractivity contribution in [3.63, 3.8) is 0 Å². The number of aliphatic imine (C=N–C) groups is 1. The first-order valence-electron chi connectivity index (χ1n) is 9.72. The van der Waals surface area contributed by atoms with Crippen LogP contribution >= 0.6 is 11.8 Å². The summed E-state index contributed by atoms with van der Waals surface area (Å²) in [6.07, 6.45) is -4.56. The molecule has 1 amide bonds. The van der Waals surface area contributed by atoms with Crippen LogP contribution in [0, 0.1) is 0 Å². The van der Waals surface area contributed by atoms with Crippen LogP contribution in [0.2, 0.25) is 0 Å². The highest BCUT2D eigenvalue weighted by molar-refractivity contribution is 8.15. The number of alkyl halides is 3. The van der Waals surface area contributed by atoms with Crippen molar-refractivity contribution in [2.75, 3.05) is 11.1 Å². The second kappa shape index (κ2) is 10.00. The van der Waals surface area contributed by atoms with Crippen molar-refractivity contribution >= 4 is 34.1 Å². The van der Waals surface area contributed by atoms with Gasteiger partial charge in [-0.25, -0.2) is 9.79 Å². The topological polar surface area (TPSA) is 106 Å². The summed E-state index contributed by atoms with van der Waals surface area (Å²) >= 11 is 0.785. The Morgan fingerprint density at radius 1 is 1.06 bits per heavy atom. The van der Waals surface area contributed by atoms with E-state index in [9.17, 15) is 32.7 Å². The van der Waals surface area contributed by atoms with Gasteiger partial charge >= 0.3 is 11.9 Å². The molecule has 0 aliphatic carbocycles. The van der Waals surface area contributed by atoms with Crippen molar-refractivity contribution in [3.05, 3.63) is 86.6 Å². The number of anilines is 1. The Bertz CT molecular complexity index is 1370.